The molecule has 0 radical (unpaired) electrons. The molecule has 0 saturated carbocycles. The fourth-order valence-corrected chi connectivity index (χ4v) is 4.62. The fraction of sp³-hybridized carbons (Fsp3) is 0.316. The number of benzene rings is 2. The van der Waals surface area contributed by atoms with E-state index in [1.807, 2.05) is 13.8 Å². The van der Waals surface area contributed by atoms with Gasteiger partial charge in [0.1, 0.15) is 5.75 Å². The van der Waals surface area contributed by atoms with Gasteiger partial charge in [0.15, 0.2) is 6.23 Å². The molecule has 2 aromatic carbocycles. The van der Waals surface area contributed by atoms with Gasteiger partial charge in [0, 0.05) is 15.6 Å². The van der Waals surface area contributed by atoms with Crippen LogP contribution in [0, 0.1) is 5.92 Å². The first-order valence-corrected chi connectivity index (χ1v) is 10.8. The van der Waals surface area contributed by atoms with Gasteiger partial charge >= 0.3 is 0 Å². The number of ether oxygens (including phenoxy) is 2. The van der Waals surface area contributed by atoms with Crippen LogP contribution in [-0.4, -0.2) is 34.1 Å². The predicted molar refractivity (Wildman–Crippen MR) is 111 cm³/mol. The van der Waals surface area contributed by atoms with E-state index in [1.54, 1.807) is 18.2 Å². The lowest BCUT2D eigenvalue weighted by Crippen LogP contribution is -2.17. The lowest BCUT2D eigenvalue weighted by molar-refractivity contribution is 0.0730. The van der Waals surface area contributed by atoms with Crippen LogP contribution in [-0.2, 0) is 14.8 Å². The van der Waals surface area contributed by atoms with E-state index in [2.05, 4.69) is 9.71 Å². The molecule has 0 aromatic heterocycles. The summed E-state index contributed by atoms with van der Waals surface area (Å²) in [5, 5.41) is 0.447. The van der Waals surface area contributed by atoms with Crippen LogP contribution in [0.5, 0.6) is 5.75 Å². The summed E-state index contributed by atoms with van der Waals surface area (Å²) in [5.74, 6) is 0.571. The normalized spacial score (nSPS) is 16.9. The van der Waals surface area contributed by atoms with E-state index in [0.29, 0.717) is 17.0 Å². The van der Waals surface area contributed by atoms with Crippen molar-refractivity contribution >= 4 is 44.6 Å². The van der Waals surface area contributed by atoms with Gasteiger partial charge in [-0.15, -0.1) is 0 Å². The molecule has 6 nitrogen and oxygen atoms in total. The molecule has 1 N–H and O–H groups in total. The number of hydrogen-bond donors (Lipinski definition) is 1. The van der Waals surface area contributed by atoms with E-state index >= 15 is 0 Å². The molecule has 28 heavy (non-hydrogen) atoms. The minimum atomic E-state index is -3.97. The number of para-hydroxylation sites is 1. The smallest absolute Gasteiger partial charge is 0.262 e. The van der Waals surface area contributed by atoms with Gasteiger partial charge in [-0.1, -0.05) is 49.2 Å². The van der Waals surface area contributed by atoms with Crippen molar-refractivity contribution in [2.75, 3.05) is 18.4 Å². The molecule has 1 aliphatic rings. The van der Waals surface area contributed by atoms with E-state index in [4.69, 9.17) is 32.7 Å². The van der Waals surface area contributed by atoms with Gasteiger partial charge in [-0.05, 0) is 30.2 Å². The molecule has 0 fully saturated rings. The SMILES string of the molecule is COc1cccc(C2=N[C@H](C(C)C)OC2)c1NS(=O)(=O)c1cc(Cl)cc(Cl)c1. The third-order valence-electron chi connectivity index (χ3n) is 4.18. The average molecular weight is 443 g/mol. The Balaban J connectivity index is 2.05. The zero-order chi connectivity index (χ0) is 20.5. The summed E-state index contributed by atoms with van der Waals surface area (Å²) >= 11 is 11.9. The Hall–Kier alpha value is -1.80. The van der Waals surface area contributed by atoms with Crippen molar-refractivity contribution < 1.29 is 17.9 Å². The van der Waals surface area contributed by atoms with Crippen LogP contribution < -0.4 is 9.46 Å². The third-order valence-corrected chi connectivity index (χ3v) is 5.95. The van der Waals surface area contributed by atoms with Crippen LogP contribution >= 0.6 is 23.2 Å². The number of aliphatic imine (C=N–C) groups is 1. The molecular weight excluding hydrogens is 423 g/mol. The van der Waals surface area contributed by atoms with Gasteiger partial charge in [-0.2, -0.15) is 0 Å². The first-order valence-electron chi connectivity index (χ1n) is 8.56. The minimum absolute atomic E-state index is 0.0495. The highest BCUT2D eigenvalue weighted by Crippen LogP contribution is 2.33. The van der Waals surface area contributed by atoms with Crippen molar-refractivity contribution in [3.8, 4) is 5.75 Å². The molecule has 0 saturated heterocycles. The quantitative estimate of drug-likeness (QED) is 0.708. The lowest BCUT2D eigenvalue weighted by atomic mass is 10.1. The molecular formula is C19H20Cl2N2O4S. The molecule has 1 heterocycles. The molecule has 150 valence electrons. The lowest BCUT2D eigenvalue weighted by Gasteiger charge is -2.16. The maximum Gasteiger partial charge on any atom is 0.262 e. The molecule has 1 atom stereocenters. The zero-order valence-electron chi connectivity index (χ0n) is 15.6. The van der Waals surface area contributed by atoms with Gasteiger partial charge in [0.05, 0.1) is 30.0 Å². The predicted octanol–water partition coefficient (Wildman–Crippen LogP) is 4.60. The van der Waals surface area contributed by atoms with Crippen LogP contribution in [0.1, 0.15) is 19.4 Å². The minimum Gasteiger partial charge on any atom is -0.495 e. The summed E-state index contributed by atoms with van der Waals surface area (Å²) < 4.78 is 39.6. The van der Waals surface area contributed by atoms with Crippen LogP contribution in [0.2, 0.25) is 10.0 Å². The highest BCUT2D eigenvalue weighted by molar-refractivity contribution is 7.92. The Kier molecular flexibility index (Phi) is 6.19. The maximum atomic E-state index is 13.0. The Bertz CT molecular complexity index is 1000. The van der Waals surface area contributed by atoms with E-state index in [9.17, 15) is 8.42 Å². The third kappa shape index (κ3) is 4.43. The number of anilines is 1. The standard InChI is InChI=1S/C19H20Cl2N2O4S/c1-11(2)19-22-16(10-27-19)15-5-4-6-17(26-3)18(15)23-28(24,25)14-8-12(20)7-13(21)9-14/h4-9,11,19,23H,10H2,1-3H3/t19-/m0/s1. The second kappa shape index (κ2) is 8.29. The van der Waals surface area contributed by atoms with Crippen LogP contribution in [0.15, 0.2) is 46.3 Å². The van der Waals surface area contributed by atoms with E-state index in [1.165, 1.54) is 25.3 Å². The number of nitrogens with zero attached hydrogens (tertiary/aromatic N) is 1. The maximum absolute atomic E-state index is 13.0. The Labute approximate surface area is 174 Å². The summed E-state index contributed by atoms with van der Waals surface area (Å²) in [6.45, 7) is 4.30. The Morgan fingerprint density at radius 3 is 2.46 bits per heavy atom. The van der Waals surface area contributed by atoms with E-state index in [-0.39, 0.29) is 39.4 Å². The zero-order valence-corrected chi connectivity index (χ0v) is 17.9. The number of methoxy groups -OCH3 is 1. The molecule has 0 amide bonds. The van der Waals surface area contributed by atoms with Gasteiger partial charge in [-0.3, -0.25) is 9.71 Å². The highest BCUT2D eigenvalue weighted by Gasteiger charge is 2.27. The number of nitrogens with one attached hydrogen (secondary N) is 1. The number of hydrogen-bond acceptors (Lipinski definition) is 5. The Morgan fingerprint density at radius 1 is 1.21 bits per heavy atom. The highest BCUT2D eigenvalue weighted by atomic mass is 35.5. The van der Waals surface area contributed by atoms with Gasteiger partial charge < -0.3 is 9.47 Å². The van der Waals surface area contributed by atoms with Crippen molar-refractivity contribution in [2.24, 2.45) is 10.9 Å². The summed E-state index contributed by atoms with van der Waals surface area (Å²) in [7, 11) is -2.50. The summed E-state index contributed by atoms with van der Waals surface area (Å²) in [6, 6.07) is 9.34. The number of halogens is 2. The molecule has 3 rings (SSSR count). The van der Waals surface area contributed by atoms with Gasteiger partial charge in [-0.25, -0.2) is 8.42 Å². The molecule has 0 bridgehead atoms. The average Bonchev–Trinajstić information content (AvgIpc) is 3.11. The summed E-state index contributed by atoms with van der Waals surface area (Å²) in [6.07, 6.45) is -0.266. The molecule has 2 aromatic rings. The van der Waals surface area contributed by atoms with Crippen molar-refractivity contribution in [3.63, 3.8) is 0 Å². The van der Waals surface area contributed by atoms with Crippen molar-refractivity contribution in [2.45, 2.75) is 25.0 Å². The topological polar surface area (TPSA) is 77.0 Å². The molecule has 1 aliphatic heterocycles. The summed E-state index contributed by atoms with van der Waals surface area (Å²) in [4.78, 5) is 4.54. The number of sulfonamides is 1. The second-order valence-corrected chi connectivity index (χ2v) is 9.17. The van der Waals surface area contributed by atoms with Crippen LogP contribution in [0.25, 0.3) is 0 Å². The fourth-order valence-electron chi connectivity index (χ4n) is 2.81. The molecule has 9 heteroatoms. The second-order valence-electron chi connectivity index (χ2n) is 6.61. The van der Waals surface area contributed by atoms with E-state index in [0.717, 1.165) is 0 Å². The van der Waals surface area contributed by atoms with Crippen LogP contribution in [0.3, 0.4) is 0 Å². The molecule has 0 spiro atoms. The first-order chi connectivity index (χ1) is 13.2. The number of rotatable bonds is 6. The molecule has 0 unspecified atom stereocenters. The monoisotopic (exact) mass is 442 g/mol. The Morgan fingerprint density at radius 2 is 1.89 bits per heavy atom. The van der Waals surface area contributed by atoms with Gasteiger partial charge in [0.2, 0.25) is 0 Å². The first kappa shape index (κ1) is 20.9. The largest absolute Gasteiger partial charge is 0.495 e. The summed E-state index contributed by atoms with van der Waals surface area (Å²) in [5.41, 5.74) is 1.53. The van der Waals surface area contributed by atoms with Crippen LogP contribution in [0.4, 0.5) is 5.69 Å². The van der Waals surface area contributed by atoms with Crippen molar-refractivity contribution in [1.82, 2.24) is 0 Å². The van der Waals surface area contributed by atoms with Gasteiger partial charge in [0.25, 0.3) is 10.0 Å². The van der Waals surface area contributed by atoms with Crippen molar-refractivity contribution in [1.29, 1.82) is 0 Å². The van der Waals surface area contributed by atoms with Crippen molar-refractivity contribution in [3.05, 3.63) is 52.0 Å². The molecule has 0 aliphatic carbocycles. The van der Waals surface area contributed by atoms with E-state index < -0.39 is 10.0 Å².